The second-order valence-corrected chi connectivity index (χ2v) is 10.7. The van der Waals surface area contributed by atoms with E-state index in [0.717, 1.165) is 10.9 Å². The third-order valence-electron chi connectivity index (χ3n) is 5.29. The van der Waals surface area contributed by atoms with Gasteiger partial charge >= 0.3 is 0 Å². The highest BCUT2D eigenvalue weighted by molar-refractivity contribution is 9.10. The van der Waals surface area contributed by atoms with E-state index in [1.165, 1.54) is 28.9 Å². The summed E-state index contributed by atoms with van der Waals surface area (Å²) in [6, 6.07) is 17.1. The molecule has 1 atom stereocenters. The number of nitrogens with zero attached hydrogens (tertiary/aromatic N) is 1. The monoisotopic (exact) mass is 462 g/mol. The van der Waals surface area contributed by atoms with Gasteiger partial charge in [-0.2, -0.15) is 0 Å². The van der Waals surface area contributed by atoms with E-state index in [2.05, 4.69) is 75.8 Å². The summed E-state index contributed by atoms with van der Waals surface area (Å²) < 4.78 is 3.17. The molecule has 0 bridgehead atoms. The molecular weight excluding hydrogens is 432 g/mol. The van der Waals surface area contributed by atoms with E-state index in [1.54, 1.807) is 11.9 Å². The van der Waals surface area contributed by atoms with Crippen molar-refractivity contribution in [3.8, 4) is 0 Å². The predicted molar refractivity (Wildman–Crippen MR) is 123 cm³/mol. The zero-order chi connectivity index (χ0) is 20.1. The van der Waals surface area contributed by atoms with Crippen LogP contribution in [0.15, 0.2) is 57.9 Å². The van der Waals surface area contributed by atoms with Crippen LogP contribution < -0.4 is 5.32 Å². The summed E-state index contributed by atoms with van der Waals surface area (Å²) in [6.07, 6.45) is 3.08. The third kappa shape index (κ3) is 6.60. The Labute approximate surface area is 182 Å². The molecule has 0 spiro atoms. The molecule has 2 N–H and O–H groups in total. The summed E-state index contributed by atoms with van der Waals surface area (Å²) >= 11 is 5.12. The number of fused-ring (bicyclic) bond motifs is 1. The quantitative estimate of drug-likeness (QED) is 0.518. The molecule has 0 aliphatic heterocycles. The minimum absolute atomic E-state index is 0.0190. The number of hydrogen-bond acceptors (Lipinski definition) is 4. The molecule has 0 saturated heterocycles. The molecule has 152 valence electrons. The molecular formula is C23H31BrN2OS. The molecule has 3 nitrogen and oxygen atoms in total. The lowest BCUT2D eigenvalue weighted by atomic mass is 9.88. The highest BCUT2D eigenvalue weighted by Gasteiger charge is 2.28. The first kappa shape index (κ1) is 21.8. The van der Waals surface area contributed by atoms with Crippen LogP contribution in [0, 0.1) is 5.92 Å². The third-order valence-corrected chi connectivity index (χ3v) is 6.77. The Morgan fingerprint density at radius 1 is 1.14 bits per heavy atom. The second kappa shape index (κ2) is 9.77. The van der Waals surface area contributed by atoms with Crippen LogP contribution in [0.5, 0.6) is 0 Å². The summed E-state index contributed by atoms with van der Waals surface area (Å²) in [7, 11) is 2.02. The Bertz CT molecular complexity index is 740. The Balaban J connectivity index is 1.40. The first-order valence-electron chi connectivity index (χ1n) is 9.95. The highest BCUT2D eigenvalue weighted by Crippen LogP contribution is 2.32. The first-order valence-corrected chi connectivity index (χ1v) is 11.5. The Morgan fingerprint density at radius 3 is 2.36 bits per heavy atom. The largest absolute Gasteiger partial charge is 0.390 e. The van der Waals surface area contributed by atoms with Crippen LogP contribution in [-0.4, -0.2) is 41.2 Å². The molecule has 2 aromatic carbocycles. The predicted octanol–water partition coefficient (Wildman–Crippen LogP) is 4.92. The van der Waals surface area contributed by atoms with Gasteiger partial charge in [0, 0.05) is 28.0 Å². The lowest BCUT2D eigenvalue weighted by molar-refractivity contribution is 0.138. The van der Waals surface area contributed by atoms with Gasteiger partial charge in [0.2, 0.25) is 0 Å². The van der Waals surface area contributed by atoms with Gasteiger partial charge in [0.05, 0.1) is 6.10 Å². The molecule has 0 heterocycles. The molecule has 1 aliphatic carbocycles. The normalized spacial score (nSPS) is 15.8. The van der Waals surface area contributed by atoms with Gasteiger partial charge in [0.1, 0.15) is 0 Å². The van der Waals surface area contributed by atoms with Gasteiger partial charge in [0.15, 0.2) is 0 Å². The molecule has 1 aliphatic rings. The van der Waals surface area contributed by atoms with Crippen LogP contribution in [0.25, 0.3) is 0 Å². The summed E-state index contributed by atoms with van der Waals surface area (Å²) in [5, 5.41) is 14.1. The van der Waals surface area contributed by atoms with Crippen molar-refractivity contribution in [2.45, 2.75) is 49.6 Å². The van der Waals surface area contributed by atoms with Crippen molar-refractivity contribution in [3.63, 3.8) is 0 Å². The fourth-order valence-electron chi connectivity index (χ4n) is 4.06. The van der Waals surface area contributed by atoms with E-state index in [0.29, 0.717) is 19.0 Å². The number of aliphatic hydroxyl groups is 1. The zero-order valence-corrected chi connectivity index (χ0v) is 19.4. The zero-order valence-electron chi connectivity index (χ0n) is 17.0. The van der Waals surface area contributed by atoms with Gasteiger partial charge < -0.3 is 10.4 Å². The first-order chi connectivity index (χ1) is 13.3. The summed E-state index contributed by atoms with van der Waals surface area (Å²) in [5.41, 5.74) is 3.04. The van der Waals surface area contributed by atoms with Gasteiger partial charge in [-0.3, -0.25) is 0 Å². The Kier molecular flexibility index (Phi) is 7.62. The average Bonchev–Trinajstić information content (AvgIpc) is 3.03. The maximum atomic E-state index is 10.5. The summed E-state index contributed by atoms with van der Waals surface area (Å²) in [6.45, 7) is 5.74. The van der Waals surface area contributed by atoms with Gasteiger partial charge in [-0.1, -0.05) is 40.2 Å². The summed E-state index contributed by atoms with van der Waals surface area (Å²) in [5.74, 6) is 0.688. The minimum atomic E-state index is -0.395. The minimum Gasteiger partial charge on any atom is -0.390 e. The lowest BCUT2D eigenvalue weighted by Gasteiger charge is -2.31. The number of β-amino-alcohol motifs (C(OH)–C–C–N with tert-alkyl or cyclic N) is 1. The van der Waals surface area contributed by atoms with Crippen molar-refractivity contribution < 1.29 is 5.11 Å². The Hall–Kier alpha value is -0.850. The van der Waals surface area contributed by atoms with Gasteiger partial charge in [-0.05, 0) is 93.4 Å². The van der Waals surface area contributed by atoms with E-state index in [4.69, 9.17) is 0 Å². The molecule has 3 rings (SSSR count). The van der Waals surface area contributed by atoms with Crippen molar-refractivity contribution in [1.82, 2.24) is 9.62 Å². The molecule has 1 unspecified atom stereocenters. The standard InChI is InChI=1S/C23H31BrN2OS/c1-23(2,14-17-12-18-6-4-5-7-19(18)13-17)25-15-21(27)16-26(3)28-22-10-8-20(24)9-11-22/h4-11,17,21,25,27H,12-16H2,1-3H3. The van der Waals surface area contributed by atoms with Gasteiger partial charge in [-0.25, -0.2) is 4.31 Å². The van der Waals surface area contributed by atoms with E-state index >= 15 is 0 Å². The van der Waals surface area contributed by atoms with Crippen molar-refractivity contribution in [2.24, 2.45) is 5.92 Å². The maximum Gasteiger partial charge on any atom is 0.0800 e. The number of halogens is 1. The van der Waals surface area contributed by atoms with E-state index < -0.39 is 6.10 Å². The van der Waals surface area contributed by atoms with Gasteiger partial charge in [-0.15, -0.1) is 0 Å². The second-order valence-electron chi connectivity index (χ2n) is 8.52. The van der Waals surface area contributed by atoms with Crippen LogP contribution >= 0.6 is 27.9 Å². The van der Waals surface area contributed by atoms with Crippen LogP contribution in [0.4, 0.5) is 0 Å². The molecule has 5 heteroatoms. The number of nitrogens with one attached hydrogen (secondary N) is 1. The van der Waals surface area contributed by atoms with Crippen molar-refractivity contribution in [1.29, 1.82) is 0 Å². The highest BCUT2D eigenvalue weighted by atomic mass is 79.9. The summed E-state index contributed by atoms with van der Waals surface area (Å²) in [4.78, 5) is 1.17. The fraction of sp³-hybridized carbons (Fsp3) is 0.478. The molecule has 2 aromatic rings. The molecule has 0 aromatic heterocycles. The fourth-order valence-corrected chi connectivity index (χ4v) is 5.18. The van der Waals surface area contributed by atoms with Crippen molar-refractivity contribution in [2.75, 3.05) is 20.1 Å². The van der Waals surface area contributed by atoms with Crippen molar-refractivity contribution in [3.05, 3.63) is 64.1 Å². The smallest absolute Gasteiger partial charge is 0.0800 e. The molecule has 0 radical (unpaired) electrons. The lowest BCUT2D eigenvalue weighted by Crippen LogP contribution is -2.46. The molecule has 0 fully saturated rings. The van der Waals surface area contributed by atoms with E-state index in [-0.39, 0.29) is 5.54 Å². The van der Waals surface area contributed by atoms with Crippen LogP contribution in [0.2, 0.25) is 0 Å². The molecule has 0 saturated carbocycles. The van der Waals surface area contributed by atoms with Crippen molar-refractivity contribution >= 4 is 27.9 Å². The van der Waals surface area contributed by atoms with Crippen LogP contribution in [-0.2, 0) is 12.8 Å². The Morgan fingerprint density at radius 2 is 1.75 bits per heavy atom. The topological polar surface area (TPSA) is 35.5 Å². The van der Waals surface area contributed by atoms with E-state index in [9.17, 15) is 5.11 Å². The maximum absolute atomic E-state index is 10.5. The van der Waals surface area contributed by atoms with Crippen LogP contribution in [0.1, 0.15) is 31.4 Å². The van der Waals surface area contributed by atoms with E-state index in [1.807, 2.05) is 19.2 Å². The number of hydrogen-bond donors (Lipinski definition) is 2. The average molecular weight is 463 g/mol. The number of benzene rings is 2. The number of likely N-dealkylation sites (N-methyl/N-ethyl adjacent to an activating group) is 1. The number of rotatable bonds is 9. The SMILES string of the molecule is CN(CC(O)CNC(C)(C)CC1Cc2ccccc2C1)Sc1ccc(Br)cc1. The van der Waals surface area contributed by atoms with Gasteiger partial charge in [0.25, 0.3) is 0 Å². The molecule has 0 amide bonds. The number of aliphatic hydroxyl groups excluding tert-OH is 1. The van der Waals surface area contributed by atoms with Crippen LogP contribution in [0.3, 0.4) is 0 Å². The molecule has 28 heavy (non-hydrogen) atoms.